The molecule has 516 valence electrons. The first-order chi connectivity index (χ1) is 43.0. The zero-order valence-electron chi connectivity index (χ0n) is 59.0. The van der Waals surface area contributed by atoms with Gasteiger partial charge in [-0.2, -0.15) is 0 Å². The van der Waals surface area contributed by atoms with Gasteiger partial charge >= 0.3 is 19.8 Å². The van der Waals surface area contributed by atoms with Crippen LogP contribution in [0.15, 0.2) is 60.8 Å². The predicted octanol–water partition coefficient (Wildman–Crippen LogP) is 24.9. The Balaban J connectivity index is 3.95. The third-order valence-corrected chi connectivity index (χ3v) is 18.0. The van der Waals surface area contributed by atoms with Gasteiger partial charge in [0.2, 0.25) is 0 Å². The number of phosphoric acid groups is 1. The van der Waals surface area contributed by atoms with Gasteiger partial charge in [-0.1, -0.05) is 364 Å². The predicted molar refractivity (Wildman–Crippen MR) is 381 cm³/mol. The number of unbranched alkanes of at least 4 members (excludes halogenated alkanes) is 47. The summed E-state index contributed by atoms with van der Waals surface area (Å²) < 4.78 is 34.8. The van der Waals surface area contributed by atoms with Crippen molar-refractivity contribution in [3.05, 3.63) is 60.8 Å². The van der Waals surface area contributed by atoms with Crippen molar-refractivity contribution in [3.63, 3.8) is 0 Å². The molecule has 0 radical (unpaired) electrons. The molecular formula is C78H147NO8P+. The molecule has 0 saturated heterocycles. The molecule has 0 rings (SSSR count). The molecule has 1 N–H and O–H groups in total. The number of phosphoric ester groups is 1. The summed E-state index contributed by atoms with van der Waals surface area (Å²) in [5.41, 5.74) is 0. The number of nitrogens with zero attached hydrogens (tertiary/aromatic N) is 1. The maximum Gasteiger partial charge on any atom is 0.472 e. The highest BCUT2D eigenvalue weighted by Gasteiger charge is 2.27. The lowest BCUT2D eigenvalue weighted by Crippen LogP contribution is -2.37. The molecule has 0 aliphatic heterocycles. The van der Waals surface area contributed by atoms with E-state index in [1.807, 2.05) is 21.1 Å². The third-order valence-electron chi connectivity index (χ3n) is 17.1. The van der Waals surface area contributed by atoms with Crippen LogP contribution < -0.4 is 0 Å². The molecule has 2 atom stereocenters. The molecular weight excluding hydrogens is 1110 g/mol. The average molecular weight is 1260 g/mol. The molecule has 0 aromatic rings. The number of hydrogen-bond acceptors (Lipinski definition) is 7. The van der Waals surface area contributed by atoms with Crippen LogP contribution in [0, 0.1) is 0 Å². The zero-order valence-corrected chi connectivity index (χ0v) is 59.9. The van der Waals surface area contributed by atoms with Crippen LogP contribution in [0.4, 0.5) is 0 Å². The average Bonchev–Trinajstić information content (AvgIpc) is 3.57. The summed E-state index contributed by atoms with van der Waals surface area (Å²) in [6.07, 6.45) is 92.1. The van der Waals surface area contributed by atoms with Crippen molar-refractivity contribution in [2.24, 2.45) is 0 Å². The van der Waals surface area contributed by atoms with Crippen molar-refractivity contribution >= 4 is 19.8 Å². The van der Waals surface area contributed by atoms with Gasteiger partial charge in [-0.15, -0.1) is 0 Å². The molecule has 10 heteroatoms. The van der Waals surface area contributed by atoms with E-state index in [0.29, 0.717) is 23.9 Å². The van der Waals surface area contributed by atoms with Crippen LogP contribution in [-0.4, -0.2) is 74.9 Å². The van der Waals surface area contributed by atoms with Gasteiger partial charge in [-0.3, -0.25) is 18.6 Å². The zero-order chi connectivity index (χ0) is 64.1. The van der Waals surface area contributed by atoms with Crippen molar-refractivity contribution in [3.8, 4) is 0 Å². The molecule has 0 aromatic carbocycles. The first-order valence-electron chi connectivity index (χ1n) is 38.0. The number of allylic oxidation sites excluding steroid dienone is 10. The highest BCUT2D eigenvalue weighted by atomic mass is 31.2. The van der Waals surface area contributed by atoms with Gasteiger partial charge in [-0.05, 0) is 57.8 Å². The fraction of sp³-hybridized carbons (Fsp3) is 0.846. The van der Waals surface area contributed by atoms with Crippen LogP contribution in [0.2, 0.25) is 0 Å². The van der Waals surface area contributed by atoms with Crippen LogP contribution in [0.25, 0.3) is 0 Å². The van der Waals surface area contributed by atoms with E-state index in [-0.39, 0.29) is 25.6 Å². The molecule has 0 bridgehead atoms. The molecule has 0 aliphatic rings. The maximum absolute atomic E-state index is 12.9. The van der Waals surface area contributed by atoms with Crippen molar-refractivity contribution in [2.45, 2.75) is 380 Å². The molecule has 2 unspecified atom stereocenters. The molecule has 0 saturated carbocycles. The van der Waals surface area contributed by atoms with Crippen LogP contribution in [0.5, 0.6) is 0 Å². The number of quaternary nitrogens is 1. The fourth-order valence-electron chi connectivity index (χ4n) is 11.3. The summed E-state index contributed by atoms with van der Waals surface area (Å²) in [6, 6.07) is 0. The van der Waals surface area contributed by atoms with E-state index < -0.39 is 26.5 Å². The quantitative estimate of drug-likeness (QED) is 0.0211. The molecule has 9 nitrogen and oxygen atoms in total. The van der Waals surface area contributed by atoms with Crippen molar-refractivity contribution in [1.82, 2.24) is 0 Å². The molecule has 0 spiro atoms. The summed E-state index contributed by atoms with van der Waals surface area (Å²) >= 11 is 0. The van der Waals surface area contributed by atoms with Crippen molar-refractivity contribution in [2.75, 3.05) is 47.5 Å². The lowest BCUT2D eigenvalue weighted by Gasteiger charge is -2.24. The second-order valence-electron chi connectivity index (χ2n) is 27.0. The Morgan fingerprint density at radius 2 is 0.648 bits per heavy atom. The third kappa shape index (κ3) is 72.8. The van der Waals surface area contributed by atoms with Crippen LogP contribution >= 0.6 is 7.82 Å². The minimum Gasteiger partial charge on any atom is -0.462 e. The summed E-state index contributed by atoms with van der Waals surface area (Å²) in [4.78, 5) is 35.9. The van der Waals surface area contributed by atoms with E-state index >= 15 is 0 Å². The second kappa shape index (κ2) is 69.1. The number of rotatable bonds is 71. The second-order valence-corrected chi connectivity index (χ2v) is 28.5. The van der Waals surface area contributed by atoms with E-state index in [1.54, 1.807) is 0 Å². The van der Waals surface area contributed by atoms with E-state index in [4.69, 9.17) is 18.5 Å². The lowest BCUT2D eigenvalue weighted by atomic mass is 10.0. The lowest BCUT2D eigenvalue weighted by molar-refractivity contribution is -0.870. The summed E-state index contributed by atoms with van der Waals surface area (Å²) in [6.45, 7) is 4.39. The van der Waals surface area contributed by atoms with E-state index in [9.17, 15) is 19.0 Å². The van der Waals surface area contributed by atoms with Gasteiger partial charge in [0.25, 0.3) is 0 Å². The van der Waals surface area contributed by atoms with E-state index in [1.165, 1.54) is 276 Å². The number of carbonyl (C=O) groups is 2. The highest BCUT2D eigenvalue weighted by Crippen LogP contribution is 2.43. The number of ether oxygens (including phenoxy) is 2. The van der Waals surface area contributed by atoms with Gasteiger partial charge in [-0.25, -0.2) is 4.57 Å². The van der Waals surface area contributed by atoms with Gasteiger partial charge in [0.05, 0.1) is 27.7 Å². The van der Waals surface area contributed by atoms with E-state index in [0.717, 1.165) is 64.2 Å². The van der Waals surface area contributed by atoms with Crippen molar-refractivity contribution < 1.29 is 42.1 Å². The maximum atomic E-state index is 12.9. The fourth-order valence-corrected chi connectivity index (χ4v) is 12.0. The van der Waals surface area contributed by atoms with Crippen LogP contribution in [-0.2, 0) is 32.7 Å². The Bertz CT molecular complexity index is 1670. The summed E-state index contributed by atoms with van der Waals surface area (Å²) in [5.74, 6) is -0.775. The molecule has 0 fully saturated rings. The highest BCUT2D eigenvalue weighted by molar-refractivity contribution is 7.47. The van der Waals surface area contributed by atoms with Gasteiger partial charge in [0.1, 0.15) is 19.8 Å². The largest absolute Gasteiger partial charge is 0.472 e. The normalized spacial score (nSPS) is 13.4. The van der Waals surface area contributed by atoms with E-state index in [2.05, 4.69) is 74.6 Å². The number of likely N-dealkylation sites (N-methyl/N-ethyl adjacent to an activating group) is 1. The number of esters is 2. The molecule has 0 aliphatic carbocycles. The molecule has 0 heterocycles. The van der Waals surface area contributed by atoms with Crippen LogP contribution in [0.3, 0.4) is 0 Å². The molecule has 88 heavy (non-hydrogen) atoms. The first-order valence-corrected chi connectivity index (χ1v) is 39.5. The SMILES string of the molecule is CC/C=C\C/C=C\C/C=C\C/C=C\C/C=C\CCCCCCCCCCCCCCCCCCCCCC(=O)OC(COC(=O)CCCCCCCCCCCCCCCCCCCCCCCCCCCCCCC)COP(=O)(O)OCC[N+](C)(C)C. The number of hydrogen-bond donors (Lipinski definition) is 1. The number of carbonyl (C=O) groups excluding carboxylic acids is 2. The Morgan fingerprint density at radius 1 is 0.364 bits per heavy atom. The van der Waals surface area contributed by atoms with Gasteiger partial charge in [0.15, 0.2) is 6.10 Å². The molecule has 0 amide bonds. The topological polar surface area (TPSA) is 108 Å². The smallest absolute Gasteiger partial charge is 0.462 e. The Labute approximate surface area is 546 Å². The summed E-state index contributed by atoms with van der Waals surface area (Å²) in [7, 11) is 1.50. The first kappa shape index (κ1) is 85.7. The standard InChI is InChI=1S/C78H146NO8P/c1-6-8-10-12-14-16-18-20-22-24-26-28-30-32-34-36-37-38-39-40-41-43-45-47-49-51-53-55-57-59-61-63-65-67-69-71-78(81)87-76(75-86-88(82,83)85-73-72-79(3,4)5)74-84-77(80)70-68-66-64-62-60-58-56-54-52-50-48-46-44-42-35-33-31-29-27-25-23-21-19-17-15-13-11-9-7-2/h8,10,14,16,20,22,26,28,32,34,76H,6-7,9,11-13,15,17-19,21,23-25,27,29-31,33,35-75H2,1-5H3/p+1/b10-8-,16-14-,22-20-,28-26-,34-32-. The van der Waals surface area contributed by atoms with Crippen LogP contribution in [0.1, 0.15) is 373 Å². The minimum absolute atomic E-state index is 0.0339. The Morgan fingerprint density at radius 3 is 0.966 bits per heavy atom. The Kier molecular flexibility index (Phi) is 67.3. The summed E-state index contributed by atoms with van der Waals surface area (Å²) in [5, 5.41) is 0. The minimum atomic E-state index is -4.39. The molecule has 0 aromatic heterocycles. The monoisotopic (exact) mass is 1260 g/mol. The Hall–Kier alpha value is -2.29. The van der Waals surface area contributed by atoms with Crippen molar-refractivity contribution in [1.29, 1.82) is 0 Å². The van der Waals surface area contributed by atoms with Gasteiger partial charge in [0, 0.05) is 12.8 Å². The van der Waals surface area contributed by atoms with Gasteiger partial charge < -0.3 is 18.9 Å².